The van der Waals surface area contributed by atoms with Gasteiger partial charge in [0.15, 0.2) is 0 Å². The molecule has 2 aromatic rings. The summed E-state index contributed by atoms with van der Waals surface area (Å²) in [6.45, 7) is 0. The van der Waals surface area contributed by atoms with Crippen LogP contribution >= 0.6 is 23.2 Å². The maximum atomic E-state index is 11.7. The van der Waals surface area contributed by atoms with Crippen molar-refractivity contribution in [1.82, 2.24) is 19.9 Å². The highest BCUT2D eigenvalue weighted by atomic mass is 35.5. The first-order chi connectivity index (χ1) is 8.39. The van der Waals surface area contributed by atoms with Crippen LogP contribution in [0.15, 0.2) is 30.9 Å². The van der Waals surface area contributed by atoms with Crippen LogP contribution < -0.4 is 0 Å². The first-order valence-corrected chi connectivity index (χ1v) is 5.12. The van der Waals surface area contributed by atoms with Crippen LogP contribution in [0.25, 0.3) is 0 Å². The largest absolute Gasteiger partial charge is 0.433 e. The number of alkyl halides is 3. The summed E-state index contributed by atoms with van der Waals surface area (Å²) in [4.78, 5) is 13.6. The van der Waals surface area contributed by atoms with Gasteiger partial charge in [0, 0.05) is 12.4 Å². The van der Waals surface area contributed by atoms with Gasteiger partial charge in [0.25, 0.3) is 0 Å². The van der Waals surface area contributed by atoms with Crippen molar-refractivity contribution in [1.29, 1.82) is 0 Å². The van der Waals surface area contributed by atoms with E-state index in [1.54, 1.807) is 6.07 Å². The van der Waals surface area contributed by atoms with Crippen LogP contribution in [0, 0.1) is 0 Å². The summed E-state index contributed by atoms with van der Waals surface area (Å²) >= 11 is 10.7. The molecule has 0 aromatic carbocycles. The van der Waals surface area contributed by atoms with Crippen molar-refractivity contribution in [3.63, 3.8) is 0 Å². The molecule has 2 aromatic heterocycles. The standard InChI is InChI=1S/C5H3F3N2.C4H2Cl2N2/c6-5(7,8)4-1-2-9-3-10-4;5-3-1-2-7-4(6)8-3/h1-3H;1-2H. The molecule has 0 aliphatic rings. The van der Waals surface area contributed by atoms with Crippen molar-refractivity contribution in [2.45, 2.75) is 6.18 Å². The average molecular weight is 297 g/mol. The fourth-order valence-electron chi connectivity index (χ4n) is 0.773. The van der Waals surface area contributed by atoms with E-state index in [0.717, 1.165) is 18.6 Å². The molecule has 0 aliphatic heterocycles. The molecule has 0 saturated heterocycles. The molecule has 0 saturated carbocycles. The van der Waals surface area contributed by atoms with E-state index in [9.17, 15) is 13.2 Å². The fraction of sp³-hybridized carbons (Fsp3) is 0.111. The Kier molecular flexibility index (Phi) is 5.24. The van der Waals surface area contributed by atoms with Crippen LogP contribution in [-0.2, 0) is 6.18 Å². The van der Waals surface area contributed by atoms with Gasteiger partial charge in [-0.3, -0.25) is 0 Å². The zero-order chi connectivity index (χ0) is 13.6. The van der Waals surface area contributed by atoms with Gasteiger partial charge in [-0.15, -0.1) is 0 Å². The Hall–Kier alpha value is -1.47. The van der Waals surface area contributed by atoms with Crippen LogP contribution in [0.1, 0.15) is 5.69 Å². The van der Waals surface area contributed by atoms with Gasteiger partial charge < -0.3 is 0 Å². The topological polar surface area (TPSA) is 51.6 Å². The van der Waals surface area contributed by atoms with Crippen LogP contribution in [0.2, 0.25) is 10.4 Å². The molecular weight excluding hydrogens is 292 g/mol. The third kappa shape index (κ3) is 5.24. The second kappa shape index (κ2) is 6.46. The first kappa shape index (κ1) is 14.6. The van der Waals surface area contributed by atoms with Gasteiger partial charge in [-0.1, -0.05) is 11.6 Å². The molecule has 0 atom stereocenters. The van der Waals surface area contributed by atoms with Crippen molar-refractivity contribution in [2.75, 3.05) is 0 Å². The summed E-state index contributed by atoms with van der Waals surface area (Å²) in [7, 11) is 0. The second-order valence-corrected chi connectivity index (χ2v) is 3.47. The summed E-state index contributed by atoms with van der Waals surface area (Å²) < 4.78 is 35.1. The number of hydrogen-bond acceptors (Lipinski definition) is 4. The Balaban J connectivity index is 0.000000184. The molecule has 96 valence electrons. The second-order valence-electron chi connectivity index (χ2n) is 2.74. The van der Waals surface area contributed by atoms with E-state index >= 15 is 0 Å². The van der Waals surface area contributed by atoms with Crippen molar-refractivity contribution in [3.05, 3.63) is 47.0 Å². The van der Waals surface area contributed by atoms with Crippen molar-refractivity contribution < 1.29 is 13.2 Å². The summed E-state index contributed by atoms with van der Waals surface area (Å²) in [5, 5.41) is 0.544. The smallest absolute Gasteiger partial charge is 0.245 e. The van der Waals surface area contributed by atoms with E-state index in [-0.39, 0.29) is 5.28 Å². The quantitative estimate of drug-likeness (QED) is 0.553. The number of halogens is 5. The van der Waals surface area contributed by atoms with Crippen LogP contribution in [0.4, 0.5) is 13.2 Å². The molecule has 0 spiro atoms. The van der Waals surface area contributed by atoms with E-state index in [2.05, 4.69) is 19.9 Å². The van der Waals surface area contributed by atoms with Gasteiger partial charge in [0.1, 0.15) is 17.2 Å². The Morgan fingerprint density at radius 1 is 1.00 bits per heavy atom. The lowest BCUT2D eigenvalue weighted by atomic mass is 10.4. The minimum Gasteiger partial charge on any atom is -0.245 e. The van der Waals surface area contributed by atoms with Crippen molar-refractivity contribution in [2.24, 2.45) is 0 Å². The van der Waals surface area contributed by atoms with Gasteiger partial charge in [-0.25, -0.2) is 19.9 Å². The SMILES string of the molecule is Clc1ccnc(Cl)n1.FC(F)(F)c1ccncn1. The van der Waals surface area contributed by atoms with Gasteiger partial charge in [-0.05, 0) is 23.7 Å². The molecule has 18 heavy (non-hydrogen) atoms. The third-order valence-corrected chi connectivity index (χ3v) is 1.86. The molecule has 9 heteroatoms. The van der Waals surface area contributed by atoms with Gasteiger partial charge >= 0.3 is 6.18 Å². The molecule has 0 radical (unpaired) electrons. The molecule has 0 amide bonds. The summed E-state index contributed by atoms with van der Waals surface area (Å²) in [5.74, 6) is 0. The molecule has 0 unspecified atom stereocenters. The highest BCUT2D eigenvalue weighted by molar-refractivity contribution is 6.31. The van der Waals surface area contributed by atoms with Gasteiger partial charge in [0.05, 0.1) is 0 Å². The zero-order valence-electron chi connectivity index (χ0n) is 8.57. The Morgan fingerprint density at radius 3 is 2.06 bits per heavy atom. The summed E-state index contributed by atoms with van der Waals surface area (Å²) in [5.41, 5.74) is -0.914. The number of rotatable bonds is 0. The zero-order valence-corrected chi connectivity index (χ0v) is 10.1. The average Bonchev–Trinajstić information content (AvgIpc) is 2.29. The van der Waals surface area contributed by atoms with E-state index in [1.807, 2.05) is 0 Å². The molecule has 2 heterocycles. The normalized spacial score (nSPS) is 10.5. The molecule has 0 fully saturated rings. The molecule has 0 aliphatic carbocycles. The predicted octanol–water partition coefficient (Wildman–Crippen LogP) is 3.28. The maximum absolute atomic E-state index is 11.7. The van der Waals surface area contributed by atoms with Crippen molar-refractivity contribution >= 4 is 23.2 Å². The minimum atomic E-state index is -4.36. The molecule has 0 bridgehead atoms. The van der Waals surface area contributed by atoms with Gasteiger partial charge in [0.2, 0.25) is 5.28 Å². The lowest BCUT2D eigenvalue weighted by molar-refractivity contribution is -0.141. The number of nitrogens with zero attached hydrogens (tertiary/aromatic N) is 4. The lowest BCUT2D eigenvalue weighted by Crippen LogP contribution is -2.07. The van der Waals surface area contributed by atoms with E-state index < -0.39 is 11.9 Å². The van der Waals surface area contributed by atoms with Crippen LogP contribution in [0.5, 0.6) is 0 Å². The monoisotopic (exact) mass is 296 g/mol. The molecule has 4 nitrogen and oxygen atoms in total. The highest BCUT2D eigenvalue weighted by Crippen LogP contribution is 2.26. The maximum Gasteiger partial charge on any atom is 0.433 e. The Bertz CT molecular complexity index is 475. The molecular formula is C9H5Cl2F3N4. The van der Waals surface area contributed by atoms with E-state index in [0.29, 0.717) is 5.15 Å². The lowest BCUT2D eigenvalue weighted by Gasteiger charge is -2.02. The predicted molar refractivity (Wildman–Crippen MR) is 59.1 cm³/mol. The van der Waals surface area contributed by atoms with E-state index in [4.69, 9.17) is 23.2 Å². The molecule has 0 N–H and O–H groups in total. The summed E-state index contributed by atoms with van der Waals surface area (Å²) in [6, 6.07) is 2.38. The Labute approximate surface area is 110 Å². The van der Waals surface area contributed by atoms with Gasteiger partial charge in [-0.2, -0.15) is 13.2 Å². The number of hydrogen-bond donors (Lipinski definition) is 0. The Morgan fingerprint density at radius 2 is 1.72 bits per heavy atom. The third-order valence-electron chi connectivity index (χ3n) is 1.46. The van der Waals surface area contributed by atoms with E-state index in [1.165, 1.54) is 6.20 Å². The highest BCUT2D eigenvalue weighted by Gasteiger charge is 2.31. The van der Waals surface area contributed by atoms with Crippen molar-refractivity contribution in [3.8, 4) is 0 Å². The molecule has 2 rings (SSSR count). The first-order valence-electron chi connectivity index (χ1n) is 4.37. The summed E-state index contributed by atoms with van der Waals surface area (Å²) in [6.07, 6.45) is -0.945. The number of aromatic nitrogens is 4. The van der Waals surface area contributed by atoms with Crippen LogP contribution in [0.3, 0.4) is 0 Å². The fourth-order valence-corrected chi connectivity index (χ4v) is 1.10. The minimum absolute atomic E-state index is 0.178. The van der Waals surface area contributed by atoms with Crippen LogP contribution in [-0.4, -0.2) is 19.9 Å².